The van der Waals surface area contributed by atoms with E-state index >= 15 is 0 Å². The molecule has 0 spiro atoms. The van der Waals surface area contributed by atoms with E-state index in [0.717, 1.165) is 19.3 Å². The molecule has 0 aromatic carbocycles. The van der Waals surface area contributed by atoms with Gasteiger partial charge in [0.15, 0.2) is 0 Å². The fourth-order valence-electron chi connectivity index (χ4n) is 0.582. The molecule has 0 rings (SSSR count). The molecular weight excluding hydrogens is 132 g/mol. The van der Waals surface area contributed by atoms with Crippen molar-refractivity contribution >= 4 is 0 Å². The van der Waals surface area contributed by atoms with Gasteiger partial charge in [0.2, 0.25) is 0 Å². The van der Waals surface area contributed by atoms with Gasteiger partial charge in [0, 0.05) is 0 Å². The highest BCUT2D eigenvalue weighted by Crippen LogP contribution is 1.92. The summed E-state index contributed by atoms with van der Waals surface area (Å²) in [5, 5.41) is 11.2. The quantitative estimate of drug-likeness (QED) is 0.270. The maximum atomic E-state index is 7.73. The van der Waals surface area contributed by atoms with Gasteiger partial charge in [0.25, 0.3) is 0 Å². The van der Waals surface area contributed by atoms with Gasteiger partial charge in [-0.05, 0) is 19.3 Å². The molecule has 0 aliphatic rings. The second kappa shape index (κ2) is 8.62. The third kappa shape index (κ3) is 7.62. The first kappa shape index (κ1) is 9.62. The van der Waals surface area contributed by atoms with E-state index in [1.54, 1.807) is 0 Å². The summed E-state index contributed by atoms with van der Waals surface area (Å²) in [5.41, 5.74) is 0. The van der Waals surface area contributed by atoms with E-state index in [1.807, 2.05) is 0 Å². The SMILES string of the molecule is CCC=CCCCOOO. The normalized spacial score (nSPS) is 11.0. The summed E-state index contributed by atoms with van der Waals surface area (Å²) in [6.07, 6.45) is 7.09. The van der Waals surface area contributed by atoms with E-state index in [2.05, 4.69) is 29.0 Å². The molecule has 0 atom stereocenters. The molecule has 3 heteroatoms. The lowest BCUT2D eigenvalue weighted by Gasteiger charge is -1.93. The minimum absolute atomic E-state index is 0.435. The van der Waals surface area contributed by atoms with Crippen molar-refractivity contribution in [2.45, 2.75) is 26.2 Å². The molecule has 60 valence electrons. The monoisotopic (exact) mass is 146 g/mol. The third-order valence-electron chi connectivity index (χ3n) is 1.05. The van der Waals surface area contributed by atoms with Crippen LogP contribution in [-0.4, -0.2) is 11.9 Å². The first-order valence-corrected chi connectivity index (χ1v) is 3.49. The third-order valence-corrected chi connectivity index (χ3v) is 1.05. The van der Waals surface area contributed by atoms with E-state index in [4.69, 9.17) is 5.26 Å². The molecule has 0 saturated heterocycles. The Morgan fingerprint density at radius 3 is 2.80 bits per heavy atom. The maximum absolute atomic E-state index is 7.73. The number of allylic oxidation sites excluding steroid dienone is 2. The fraction of sp³-hybridized carbons (Fsp3) is 0.714. The lowest BCUT2D eigenvalue weighted by molar-refractivity contribution is -0.490. The second-order valence-corrected chi connectivity index (χ2v) is 1.92. The summed E-state index contributed by atoms with van der Waals surface area (Å²) in [4.78, 5) is 4.24. The molecule has 0 aromatic rings. The predicted molar refractivity (Wildman–Crippen MR) is 38.3 cm³/mol. The zero-order valence-corrected chi connectivity index (χ0v) is 6.25. The Morgan fingerprint density at radius 2 is 2.20 bits per heavy atom. The molecule has 1 N–H and O–H groups in total. The molecule has 10 heavy (non-hydrogen) atoms. The van der Waals surface area contributed by atoms with Gasteiger partial charge in [-0.3, -0.25) is 0 Å². The van der Waals surface area contributed by atoms with E-state index in [1.165, 1.54) is 0 Å². The van der Waals surface area contributed by atoms with E-state index in [9.17, 15) is 0 Å². The minimum Gasteiger partial charge on any atom is -0.221 e. The maximum Gasteiger partial charge on any atom is 0.0856 e. The van der Waals surface area contributed by atoms with Crippen LogP contribution >= 0.6 is 0 Å². The van der Waals surface area contributed by atoms with Crippen LogP contribution in [0.2, 0.25) is 0 Å². The van der Waals surface area contributed by atoms with Crippen molar-refractivity contribution in [2.75, 3.05) is 6.61 Å². The van der Waals surface area contributed by atoms with E-state index in [0.29, 0.717) is 6.61 Å². The zero-order valence-electron chi connectivity index (χ0n) is 6.25. The largest absolute Gasteiger partial charge is 0.221 e. The molecule has 0 amide bonds. The van der Waals surface area contributed by atoms with Crippen molar-refractivity contribution in [3.8, 4) is 0 Å². The van der Waals surface area contributed by atoms with Crippen molar-refractivity contribution in [3.05, 3.63) is 12.2 Å². The fourth-order valence-corrected chi connectivity index (χ4v) is 0.582. The summed E-state index contributed by atoms with van der Waals surface area (Å²) < 4.78 is 0. The summed E-state index contributed by atoms with van der Waals surface area (Å²) in [7, 11) is 0. The van der Waals surface area contributed by atoms with Gasteiger partial charge >= 0.3 is 0 Å². The topological polar surface area (TPSA) is 38.7 Å². The number of hydrogen-bond acceptors (Lipinski definition) is 3. The van der Waals surface area contributed by atoms with Crippen LogP contribution in [0, 0.1) is 0 Å². The highest BCUT2D eigenvalue weighted by Gasteiger charge is 1.83. The zero-order chi connectivity index (χ0) is 7.66. The summed E-state index contributed by atoms with van der Waals surface area (Å²) in [6, 6.07) is 0. The van der Waals surface area contributed by atoms with Crippen molar-refractivity contribution < 1.29 is 15.2 Å². The first-order chi connectivity index (χ1) is 4.91. The number of rotatable bonds is 6. The van der Waals surface area contributed by atoms with Crippen LogP contribution in [0.25, 0.3) is 0 Å². The van der Waals surface area contributed by atoms with Crippen molar-refractivity contribution in [2.24, 2.45) is 0 Å². The van der Waals surface area contributed by atoms with Crippen molar-refractivity contribution in [3.63, 3.8) is 0 Å². The molecule has 0 heterocycles. The molecule has 0 fully saturated rings. The molecule has 0 bridgehead atoms. The molecule has 3 nitrogen and oxygen atoms in total. The Bertz CT molecular complexity index is 80.9. The standard InChI is InChI=1S/C7H14O3/c1-2-3-4-5-6-7-9-10-8/h3-4,8H,2,5-7H2,1H3. The molecule has 0 aromatic heterocycles. The van der Waals surface area contributed by atoms with Crippen LogP contribution in [0.4, 0.5) is 0 Å². The van der Waals surface area contributed by atoms with Gasteiger partial charge in [0.1, 0.15) is 0 Å². The summed E-state index contributed by atoms with van der Waals surface area (Å²) in [6.45, 7) is 2.52. The minimum atomic E-state index is 0.435. The Kier molecular flexibility index (Phi) is 8.29. The summed E-state index contributed by atoms with van der Waals surface area (Å²) >= 11 is 0. The van der Waals surface area contributed by atoms with Crippen LogP contribution < -0.4 is 0 Å². The Balaban J connectivity index is 2.83. The first-order valence-electron chi connectivity index (χ1n) is 3.49. The number of hydrogen-bond donors (Lipinski definition) is 1. The van der Waals surface area contributed by atoms with Crippen LogP contribution in [-0.2, 0) is 9.93 Å². The van der Waals surface area contributed by atoms with Crippen molar-refractivity contribution in [1.29, 1.82) is 0 Å². The average Bonchev–Trinajstić information content (AvgIpc) is 1.97. The van der Waals surface area contributed by atoms with Gasteiger partial charge in [-0.1, -0.05) is 24.1 Å². The highest BCUT2D eigenvalue weighted by atomic mass is 17.5. The van der Waals surface area contributed by atoms with Crippen molar-refractivity contribution in [1.82, 2.24) is 0 Å². The van der Waals surface area contributed by atoms with Gasteiger partial charge in [-0.25, -0.2) is 10.1 Å². The lowest BCUT2D eigenvalue weighted by atomic mass is 10.3. The van der Waals surface area contributed by atoms with E-state index in [-0.39, 0.29) is 0 Å². The second-order valence-electron chi connectivity index (χ2n) is 1.92. The smallest absolute Gasteiger partial charge is 0.0856 e. The van der Waals surface area contributed by atoms with Gasteiger partial charge < -0.3 is 0 Å². The summed E-state index contributed by atoms with van der Waals surface area (Å²) in [5.74, 6) is 0. The molecule has 0 saturated carbocycles. The number of unbranched alkanes of at least 4 members (excludes halogenated alkanes) is 1. The molecular formula is C7H14O3. The molecule has 0 radical (unpaired) electrons. The highest BCUT2D eigenvalue weighted by molar-refractivity contribution is 4.79. The van der Waals surface area contributed by atoms with Gasteiger partial charge in [-0.2, -0.15) is 0 Å². The van der Waals surface area contributed by atoms with Crippen LogP contribution in [0.15, 0.2) is 12.2 Å². The van der Waals surface area contributed by atoms with Gasteiger partial charge in [-0.15, -0.1) is 0 Å². The van der Waals surface area contributed by atoms with Crippen LogP contribution in [0.5, 0.6) is 0 Å². The molecule has 0 aliphatic carbocycles. The predicted octanol–water partition coefficient (Wildman–Crippen LogP) is 2.15. The molecule has 0 aliphatic heterocycles. The Morgan fingerprint density at radius 1 is 1.40 bits per heavy atom. The average molecular weight is 146 g/mol. The molecule has 0 unspecified atom stereocenters. The van der Waals surface area contributed by atoms with Crippen LogP contribution in [0.1, 0.15) is 26.2 Å². The van der Waals surface area contributed by atoms with Crippen LogP contribution in [0.3, 0.4) is 0 Å². The Labute approximate surface area is 61.1 Å². The van der Waals surface area contributed by atoms with Gasteiger partial charge in [0.05, 0.1) is 6.61 Å². The Hall–Kier alpha value is -0.380. The lowest BCUT2D eigenvalue weighted by Crippen LogP contribution is -1.91. The van der Waals surface area contributed by atoms with E-state index < -0.39 is 0 Å².